The van der Waals surface area contributed by atoms with Gasteiger partial charge in [-0.1, -0.05) is 19.1 Å². The van der Waals surface area contributed by atoms with Crippen molar-refractivity contribution >= 4 is 21.6 Å². The molecule has 2 aromatic rings. The molecule has 158 valence electrons. The first-order valence-corrected chi connectivity index (χ1v) is 11.3. The van der Waals surface area contributed by atoms with E-state index >= 15 is 0 Å². The van der Waals surface area contributed by atoms with Gasteiger partial charge in [-0.05, 0) is 54.8 Å². The highest BCUT2D eigenvalue weighted by atomic mass is 32.2. The zero-order chi connectivity index (χ0) is 21.4. The minimum Gasteiger partial charge on any atom is -0.497 e. The van der Waals surface area contributed by atoms with E-state index in [-0.39, 0.29) is 24.9 Å². The first-order valence-electron chi connectivity index (χ1n) is 9.41. The Bertz CT molecular complexity index is 899. The third-order valence-electron chi connectivity index (χ3n) is 4.54. The molecule has 0 spiro atoms. The molecule has 0 bridgehead atoms. The van der Waals surface area contributed by atoms with Crippen LogP contribution in [0.15, 0.2) is 48.5 Å². The van der Waals surface area contributed by atoms with E-state index in [1.165, 1.54) is 28.6 Å². The molecule has 0 unspecified atom stereocenters. The lowest BCUT2D eigenvalue weighted by Gasteiger charge is -2.23. The summed E-state index contributed by atoms with van der Waals surface area (Å²) in [6.45, 7) is 2.12. The van der Waals surface area contributed by atoms with E-state index in [1.807, 2.05) is 31.2 Å². The highest BCUT2D eigenvalue weighted by Gasteiger charge is 2.18. The van der Waals surface area contributed by atoms with Crippen LogP contribution in [0.5, 0.6) is 5.75 Å². The summed E-state index contributed by atoms with van der Waals surface area (Å²) >= 11 is 0. The number of hydrogen-bond acceptors (Lipinski definition) is 4. The Labute approximate surface area is 171 Å². The predicted octanol–water partition coefficient (Wildman–Crippen LogP) is 3.65. The number of carbonyl (C=O) groups is 1. The monoisotopic (exact) mass is 422 g/mol. The minimum atomic E-state index is -3.54. The molecule has 0 saturated carbocycles. The molecular formula is C21H27FN2O4S. The number of halogens is 1. The van der Waals surface area contributed by atoms with Crippen molar-refractivity contribution in [3.63, 3.8) is 0 Å². The van der Waals surface area contributed by atoms with Gasteiger partial charge in [0.25, 0.3) is 0 Å². The third kappa shape index (κ3) is 6.74. The van der Waals surface area contributed by atoms with E-state index in [1.54, 1.807) is 7.11 Å². The van der Waals surface area contributed by atoms with Crippen LogP contribution in [-0.2, 0) is 14.8 Å². The van der Waals surface area contributed by atoms with Gasteiger partial charge in [-0.3, -0.25) is 9.10 Å². The van der Waals surface area contributed by atoms with Gasteiger partial charge < -0.3 is 10.1 Å². The number of rotatable bonds is 10. The zero-order valence-electron chi connectivity index (χ0n) is 16.9. The van der Waals surface area contributed by atoms with Gasteiger partial charge in [-0.15, -0.1) is 0 Å². The topological polar surface area (TPSA) is 75.7 Å². The summed E-state index contributed by atoms with van der Waals surface area (Å²) in [7, 11) is -1.94. The predicted molar refractivity (Wildman–Crippen MR) is 112 cm³/mol. The van der Waals surface area contributed by atoms with Gasteiger partial charge >= 0.3 is 0 Å². The Morgan fingerprint density at radius 1 is 1.14 bits per heavy atom. The van der Waals surface area contributed by atoms with Crippen molar-refractivity contribution in [1.82, 2.24) is 5.32 Å². The maximum atomic E-state index is 13.1. The number of carbonyl (C=O) groups excluding carboxylic acids is 1. The molecule has 8 heteroatoms. The van der Waals surface area contributed by atoms with Gasteiger partial charge in [0, 0.05) is 13.0 Å². The number of ether oxygens (including phenoxy) is 1. The Kier molecular flexibility index (Phi) is 8.01. The van der Waals surface area contributed by atoms with Crippen LogP contribution in [0.25, 0.3) is 0 Å². The molecule has 0 saturated heterocycles. The van der Waals surface area contributed by atoms with Crippen LogP contribution in [-0.4, -0.2) is 34.2 Å². The molecule has 0 heterocycles. The number of hydrogen-bond donors (Lipinski definition) is 1. The molecule has 0 aliphatic carbocycles. The van der Waals surface area contributed by atoms with Crippen LogP contribution in [0.4, 0.5) is 10.1 Å². The lowest BCUT2D eigenvalue weighted by molar-refractivity contribution is -0.121. The normalized spacial score (nSPS) is 12.3. The van der Waals surface area contributed by atoms with Gasteiger partial charge in [0.15, 0.2) is 0 Å². The largest absolute Gasteiger partial charge is 0.497 e. The van der Waals surface area contributed by atoms with Gasteiger partial charge in [-0.2, -0.15) is 0 Å². The molecule has 1 amide bonds. The van der Waals surface area contributed by atoms with Gasteiger partial charge in [0.1, 0.15) is 11.6 Å². The average Bonchev–Trinajstić information content (AvgIpc) is 2.69. The van der Waals surface area contributed by atoms with E-state index < -0.39 is 15.8 Å². The fourth-order valence-electron chi connectivity index (χ4n) is 3.00. The molecule has 29 heavy (non-hydrogen) atoms. The molecule has 0 fully saturated rings. The molecular weight excluding hydrogens is 395 g/mol. The summed E-state index contributed by atoms with van der Waals surface area (Å²) in [6.07, 6.45) is 2.34. The second-order valence-corrected chi connectivity index (χ2v) is 8.62. The number of nitrogens with one attached hydrogen (secondary N) is 1. The molecule has 1 atom stereocenters. The minimum absolute atomic E-state index is 0.128. The number of benzene rings is 2. The summed E-state index contributed by atoms with van der Waals surface area (Å²) in [4.78, 5) is 12.4. The summed E-state index contributed by atoms with van der Waals surface area (Å²) in [5, 5.41) is 2.98. The Hall–Kier alpha value is -2.61. The summed E-state index contributed by atoms with van der Waals surface area (Å²) in [5.41, 5.74) is 1.35. The highest BCUT2D eigenvalue weighted by molar-refractivity contribution is 7.92. The van der Waals surface area contributed by atoms with Crippen LogP contribution < -0.4 is 14.4 Å². The standard InChI is InChI=1S/C21H27FN2O4S/c1-4-20(16-7-13-19(28-2)14-8-16)23-21(25)6-5-15-24(29(3,26)27)18-11-9-17(22)10-12-18/h7-14,20H,4-6,15H2,1-3H3,(H,23,25)/t20-/m0/s1. The van der Waals surface area contributed by atoms with Crippen LogP contribution in [0.2, 0.25) is 0 Å². The number of nitrogens with zero attached hydrogens (tertiary/aromatic N) is 1. The fourth-order valence-corrected chi connectivity index (χ4v) is 3.97. The van der Waals surface area contributed by atoms with Crippen LogP contribution in [0, 0.1) is 5.82 Å². The Morgan fingerprint density at radius 3 is 2.28 bits per heavy atom. The lowest BCUT2D eigenvalue weighted by Crippen LogP contribution is -2.33. The SMILES string of the molecule is CC[C@H](NC(=O)CCCN(c1ccc(F)cc1)S(C)(=O)=O)c1ccc(OC)cc1. The highest BCUT2D eigenvalue weighted by Crippen LogP contribution is 2.21. The molecule has 6 nitrogen and oxygen atoms in total. The lowest BCUT2D eigenvalue weighted by atomic mass is 10.0. The number of sulfonamides is 1. The maximum absolute atomic E-state index is 13.1. The Balaban J connectivity index is 1.94. The van der Waals surface area contributed by atoms with Crippen LogP contribution in [0.3, 0.4) is 0 Å². The van der Waals surface area contributed by atoms with E-state index in [2.05, 4.69) is 5.32 Å². The quantitative estimate of drug-likeness (QED) is 0.634. The Morgan fingerprint density at radius 2 is 1.76 bits per heavy atom. The molecule has 2 aromatic carbocycles. The average molecular weight is 423 g/mol. The first kappa shape index (κ1) is 22.7. The van der Waals surface area contributed by atoms with Gasteiger partial charge in [0.05, 0.1) is 25.1 Å². The summed E-state index contributed by atoms with van der Waals surface area (Å²) in [5.74, 6) is 0.155. The summed E-state index contributed by atoms with van der Waals surface area (Å²) < 4.78 is 43.6. The molecule has 0 aliphatic heterocycles. The molecule has 0 aliphatic rings. The van der Waals surface area contributed by atoms with Crippen molar-refractivity contribution in [1.29, 1.82) is 0 Å². The van der Waals surface area contributed by atoms with Crippen molar-refractivity contribution in [3.05, 3.63) is 59.9 Å². The first-order chi connectivity index (χ1) is 13.7. The second-order valence-electron chi connectivity index (χ2n) is 6.72. The number of amides is 1. The van der Waals surface area contributed by atoms with Gasteiger partial charge in [0.2, 0.25) is 15.9 Å². The van der Waals surface area contributed by atoms with E-state index in [4.69, 9.17) is 4.74 Å². The molecule has 0 aromatic heterocycles. The molecule has 0 radical (unpaired) electrons. The van der Waals surface area contributed by atoms with Crippen molar-refractivity contribution in [3.8, 4) is 5.75 Å². The smallest absolute Gasteiger partial charge is 0.232 e. The van der Waals surface area contributed by atoms with Crippen molar-refractivity contribution < 1.29 is 22.3 Å². The van der Waals surface area contributed by atoms with E-state index in [0.29, 0.717) is 12.1 Å². The maximum Gasteiger partial charge on any atom is 0.232 e. The second kappa shape index (κ2) is 10.2. The van der Waals surface area contributed by atoms with Crippen molar-refractivity contribution in [2.45, 2.75) is 32.2 Å². The summed E-state index contributed by atoms with van der Waals surface area (Å²) in [6, 6.07) is 12.6. The number of anilines is 1. The van der Waals surface area contributed by atoms with E-state index in [0.717, 1.165) is 24.0 Å². The van der Waals surface area contributed by atoms with Crippen LogP contribution >= 0.6 is 0 Å². The molecule has 1 N–H and O–H groups in total. The van der Waals surface area contributed by atoms with Crippen molar-refractivity contribution in [2.24, 2.45) is 0 Å². The fraction of sp³-hybridized carbons (Fsp3) is 0.381. The van der Waals surface area contributed by atoms with Crippen molar-refractivity contribution in [2.75, 3.05) is 24.2 Å². The van der Waals surface area contributed by atoms with Gasteiger partial charge in [-0.25, -0.2) is 12.8 Å². The third-order valence-corrected chi connectivity index (χ3v) is 5.74. The zero-order valence-corrected chi connectivity index (χ0v) is 17.7. The number of methoxy groups -OCH3 is 1. The van der Waals surface area contributed by atoms with Crippen LogP contribution in [0.1, 0.15) is 37.8 Å². The molecule has 2 rings (SSSR count). The van der Waals surface area contributed by atoms with E-state index in [9.17, 15) is 17.6 Å².